The van der Waals surface area contributed by atoms with E-state index in [1.54, 1.807) is 0 Å². The summed E-state index contributed by atoms with van der Waals surface area (Å²) < 4.78 is 16.0. The maximum atomic E-state index is 5.45. The molecule has 94 valence electrons. The molecule has 2 rings (SSSR count). The maximum Gasteiger partial charge on any atom is 0.231 e. The first-order valence-electron chi connectivity index (χ1n) is 5.96. The number of ether oxygens (including phenoxy) is 3. The van der Waals surface area contributed by atoms with Crippen LogP contribution in [0, 0.1) is 0 Å². The Hall–Kier alpha value is -1.26. The lowest BCUT2D eigenvalue weighted by Crippen LogP contribution is -2.20. The van der Waals surface area contributed by atoms with E-state index in [0.717, 1.165) is 31.2 Å². The van der Waals surface area contributed by atoms with E-state index in [0.29, 0.717) is 12.9 Å². The summed E-state index contributed by atoms with van der Waals surface area (Å²) in [5.74, 6) is 1.67. The summed E-state index contributed by atoms with van der Waals surface area (Å²) in [6.45, 7) is 6.82. The van der Waals surface area contributed by atoms with Crippen LogP contribution in [-0.4, -0.2) is 26.0 Å². The Morgan fingerprint density at radius 2 is 2.12 bits per heavy atom. The SMILES string of the molecule is CC(C)OCCNCc1ccc2c(c1)OCO2. The molecule has 0 aliphatic carbocycles. The summed E-state index contributed by atoms with van der Waals surface area (Å²) in [5.41, 5.74) is 1.19. The lowest BCUT2D eigenvalue weighted by atomic mass is 10.2. The number of fused-ring (bicyclic) bond motifs is 1. The summed E-state index contributed by atoms with van der Waals surface area (Å²) in [6.07, 6.45) is 0.294. The molecule has 0 aromatic heterocycles. The molecule has 1 aliphatic rings. The molecule has 1 aliphatic heterocycles. The van der Waals surface area contributed by atoms with Crippen molar-refractivity contribution in [3.05, 3.63) is 23.8 Å². The van der Waals surface area contributed by atoms with Crippen LogP contribution in [0.25, 0.3) is 0 Å². The molecule has 4 heteroatoms. The second-order valence-electron chi connectivity index (χ2n) is 4.28. The van der Waals surface area contributed by atoms with Crippen LogP contribution in [0.2, 0.25) is 0 Å². The second-order valence-corrected chi connectivity index (χ2v) is 4.28. The van der Waals surface area contributed by atoms with Crippen molar-refractivity contribution in [2.45, 2.75) is 26.5 Å². The quantitative estimate of drug-likeness (QED) is 0.767. The summed E-state index contributed by atoms with van der Waals surface area (Å²) in [7, 11) is 0. The van der Waals surface area contributed by atoms with Crippen molar-refractivity contribution in [2.75, 3.05) is 19.9 Å². The fourth-order valence-corrected chi connectivity index (χ4v) is 1.65. The highest BCUT2D eigenvalue weighted by Gasteiger charge is 2.12. The topological polar surface area (TPSA) is 39.7 Å². The average Bonchev–Trinajstić information content (AvgIpc) is 2.75. The van der Waals surface area contributed by atoms with Crippen molar-refractivity contribution in [3.8, 4) is 11.5 Å². The Bertz CT molecular complexity index is 366. The van der Waals surface area contributed by atoms with Crippen molar-refractivity contribution >= 4 is 0 Å². The Morgan fingerprint density at radius 1 is 1.29 bits per heavy atom. The first-order chi connectivity index (χ1) is 8.25. The van der Waals surface area contributed by atoms with Gasteiger partial charge >= 0.3 is 0 Å². The lowest BCUT2D eigenvalue weighted by molar-refractivity contribution is 0.0807. The fourth-order valence-electron chi connectivity index (χ4n) is 1.65. The van der Waals surface area contributed by atoms with Crippen LogP contribution in [0.4, 0.5) is 0 Å². The molecule has 0 saturated heterocycles. The zero-order valence-electron chi connectivity index (χ0n) is 10.4. The van der Waals surface area contributed by atoms with Crippen LogP contribution in [0.1, 0.15) is 19.4 Å². The van der Waals surface area contributed by atoms with Gasteiger partial charge in [-0.05, 0) is 31.5 Å². The predicted molar refractivity (Wildman–Crippen MR) is 65.4 cm³/mol. The molecule has 0 radical (unpaired) electrons. The van der Waals surface area contributed by atoms with Crippen LogP contribution in [-0.2, 0) is 11.3 Å². The Labute approximate surface area is 102 Å². The summed E-state index contributed by atoms with van der Waals surface area (Å²) in [6, 6.07) is 6.01. The van der Waals surface area contributed by atoms with E-state index in [1.807, 2.05) is 32.0 Å². The van der Waals surface area contributed by atoms with Crippen LogP contribution >= 0.6 is 0 Å². The highest BCUT2D eigenvalue weighted by atomic mass is 16.7. The third kappa shape index (κ3) is 3.61. The Balaban J connectivity index is 1.72. The average molecular weight is 237 g/mol. The zero-order valence-corrected chi connectivity index (χ0v) is 10.4. The predicted octanol–water partition coefficient (Wildman–Crippen LogP) is 1.93. The monoisotopic (exact) mass is 237 g/mol. The normalized spacial score (nSPS) is 13.4. The highest BCUT2D eigenvalue weighted by molar-refractivity contribution is 5.44. The van der Waals surface area contributed by atoms with Gasteiger partial charge in [0.25, 0.3) is 0 Å². The smallest absolute Gasteiger partial charge is 0.231 e. The van der Waals surface area contributed by atoms with Crippen molar-refractivity contribution in [1.29, 1.82) is 0 Å². The van der Waals surface area contributed by atoms with Gasteiger partial charge in [0.05, 0.1) is 12.7 Å². The highest BCUT2D eigenvalue weighted by Crippen LogP contribution is 2.32. The van der Waals surface area contributed by atoms with Gasteiger partial charge in [-0.15, -0.1) is 0 Å². The van der Waals surface area contributed by atoms with Gasteiger partial charge in [-0.1, -0.05) is 6.07 Å². The number of benzene rings is 1. The number of hydrogen-bond donors (Lipinski definition) is 1. The van der Waals surface area contributed by atoms with Crippen molar-refractivity contribution < 1.29 is 14.2 Å². The van der Waals surface area contributed by atoms with E-state index in [1.165, 1.54) is 5.56 Å². The molecule has 0 atom stereocenters. The third-order valence-corrected chi connectivity index (χ3v) is 2.50. The van der Waals surface area contributed by atoms with Crippen LogP contribution < -0.4 is 14.8 Å². The largest absolute Gasteiger partial charge is 0.454 e. The fraction of sp³-hybridized carbons (Fsp3) is 0.538. The van der Waals surface area contributed by atoms with E-state index in [-0.39, 0.29) is 0 Å². The van der Waals surface area contributed by atoms with Crippen molar-refractivity contribution in [2.24, 2.45) is 0 Å². The molecule has 17 heavy (non-hydrogen) atoms. The second kappa shape index (κ2) is 5.89. The van der Waals surface area contributed by atoms with Gasteiger partial charge in [0.1, 0.15) is 0 Å². The molecule has 0 amide bonds. The first kappa shape index (κ1) is 12.2. The van der Waals surface area contributed by atoms with Crippen LogP contribution in [0.15, 0.2) is 18.2 Å². The van der Waals surface area contributed by atoms with E-state index < -0.39 is 0 Å². The Kier molecular flexibility index (Phi) is 4.23. The first-order valence-corrected chi connectivity index (χ1v) is 5.96. The van der Waals surface area contributed by atoms with E-state index >= 15 is 0 Å². The number of rotatable bonds is 6. The van der Waals surface area contributed by atoms with Gasteiger partial charge in [0.2, 0.25) is 6.79 Å². The van der Waals surface area contributed by atoms with Crippen LogP contribution in [0.5, 0.6) is 11.5 Å². The van der Waals surface area contributed by atoms with Gasteiger partial charge in [0, 0.05) is 13.1 Å². The molecule has 0 fully saturated rings. The van der Waals surface area contributed by atoms with Gasteiger partial charge in [-0.3, -0.25) is 0 Å². The van der Waals surface area contributed by atoms with E-state index in [2.05, 4.69) is 5.32 Å². The zero-order chi connectivity index (χ0) is 12.1. The molecular weight excluding hydrogens is 218 g/mol. The van der Waals surface area contributed by atoms with Crippen molar-refractivity contribution in [3.63, 3.8) is 0 Å². The standard InChI is InChI=1S/C13H19NO3/c1-10(2)15-6-5-14-8-11-3-4-12-13(7-11)17-9-16-12/h3-4,7,10,14H,5-6,8-9H2,1-2H3. The third-order valence-electron chi connectivity index (χ3n) is 2.50. The molecule has 0 unspecified atom stereocenters. The minimum atomic E-state index is 0.294. The molecule has 4 nitrogen and oxygen atoms in total. The Morgan fingerprint density at radius 3 is 2.94 bits per heavy atom. The molecule has 0 bridgehead atoms. The minimum Gasteiger partial charge on any atom is -0.454 e. The summed E-state index contributed by atoms with van der Waals surface area (Å²) in [4.78, 5) is 0. The summed E-state index contributed by atoms with van der Waals surface area (Å²) in [5, 5.41) is 3.33. The molecule has 1 aromatic carbocycles. The maximum absolute atomic E-state index is 5.45. The molecule has 0 spiro atoms. The van der Waals surface area contributed by atoms with Gasteiger partial charge in [-0.25, -0.2) is 0 Å². The molecule has 1 N–H and O–H groups in total. The molecule has 0 saturated carbocycles. The number of nitrogens with one attached hydrogen (secondary N) is 1. The van der Waals surface area contributed by atoms with Crippen molar-refractivity contribution in [1.82, 2.24) is 5.32 Å². The lowest BCUT2D eigenvalue weighted by Gasteiger charge is -2.08. The number of hydrogen-bond acceptors (Lipinski definition) is 4. The molecule has 1 aromatic rings. The van der Waals surface area contributed by atoms with Crippen LogP contribution in [0.3, 0.4) is 0 Å². The summed E-state index contributed by atoms with van der Waals surface area (Å²) >= 11 is 0. The van der Waals surface area contributed by atoms with E-state index in [9.17, 15) is 0 Å². The van der Waals surface area contributed by atoms with Gasteiger partial charge in [-0.2, -0.15) is 0 Å². The molecule has 1 heterocycles. The van der Waals surface area contributed by atoms with Gasteiger partial charge in [0.15, 0.2) is 11.5 Å². The minimum absolute atomic E-state index is 0.294. The van der Waals surface area contributed by atoms with E-state index in [4.69, 9.17) is 14.2 Å². The van der Waals surface area contributed by atoms with Gasteiger partial charge < -0.3 is 19.5 Å². The molecular formula is C13H19NO3.